The average molecular weight is 280 g/mol. The molecule has 0 bridgehead atoms. The molecule has 0 saturated heterocycles. The van der Waals surface area contributed by atoms with Crippen molar-refractivity contribution in [3.8, 4) is 0 Å². The molecule has 0 spiro atoms. The largest absolute Gasteiger partial charge is 0.276 e. The molecule has 1 aromatic carbocycles. The van der Waals surface area contributed by atoms with E-state index in [-0.39, 0.29) is 4.90 Å². The number of nitrogens with one attached hydrogen (secondary N) is 1. The maximum atomic E-state index is 11.8. The number of rotatable bonds is 4. The molecule has 0 aliphatic carbocycles. The number of hydrogen-bond acceptors (Lipinski definition) is 4. The summed E-state index contributed by atoms with van der Waals surface area (Å²) in [6, 6.07) is 12.0. The van der Waals surface area contributed by atoms with Gasteiger partial charge in [0.25, 0.3) is 10.0 Å². The van der Waals surface area contributed by atoms with Gasteiger partial charge in [-0.15, -0.1) is 11.3 Å². The highest BCUT2D eigenvalue weighted by Gasteiger charge is 2.10. The number of hydrazone groups is 1. The molecule has 0 aliphatic rings. The lowest BCUT2D eigenvalue weighted by molar-refractivity contribution is 0.584. The summed E-state index contributed by atoms with van der Waals surface area (Å²) in [5, 5.41) is 3.75. The maximum Gasteiger partial charge on any atom is 0.276 e. The Hall–Kier alpha value is -1.66. The molecule has 1 heterocycles. The van der Waals surface area contributed by atoms with Crippen molar-refractivity contribution in [3.63, 3.8) is 0 Å². The predicted molar refractivity (Wildman–Crippen MR) is 73.4 cm³/mol. The molecule has 4 nitrogen and oxygen atoms in total. The van der Waals surface area contributed by atoms with E-state index in [1.54, 1.807) is 29.5 Å². The summed E-state index contributed by atoms with van der Waals surface area (Å²) in [6.07, 6.45) is 1.50. The number of thiophene rings is 1. The minimum Gasteiger partial charge on any atom is -0.200 e. The first-order chi connectivity index (χ1) is 8.58. The van der Waals surface area contributed by atoms with E-state index >= 15 is 0 Å². The topological polar surface area (TPSA) is 58.5 Å². The number of nitrogens with zero attached hydrogens (tertiary/aromatic N) is 1. The van der Waals surface area contributed by atoms with E-state index < -0.39 is 10.0 Å². The molecule has 1 N–H and O–H groups in total. The summed E-state index contributed by atoms with van der Waals surface area (Å²) in [5.74, 6) is 0. The van der Waals surface area contributed by atoms with E-state index in [9.17, 15) is 8.42 Å². The Morgan fingerprint density at radius 2 is 1.89 bits per heavy atom. The molecular weight excluding hydrogens is 268 g/mol. The summed E-state index contributed by atoms with van der Waals surface area (Å²) in [7, 11) is -3.57. The van der Waals surface area contributed by atoms with E-state index in [0.29, 0.717) is 0 Å². The first kappa shape index (κ1) is 12.8. The minimum atomic E-state index is -3.57. The predicted octanol–water partition coefficient (Wildman–Crippen LogP) is 2.37. The van der Waals surface area contributed by atoms with Crippen LogP contribution in [-0.4, -0.2) is 14.6 Å². The molecule has 6 heteroatoms. The summed E-state index contributed by atoms with van der Waals surface area (Å²) < 4.78 is 23.6. The van der Waals surface area contributed by atoms with Gasteiger partial charge in [0.05, 0.1) is 11.1 Å². The Bertz CT molecular complexity index is 646. The second kappa shape index (κ2) is 5.32. The zero-order valence-corrected chi connectivity index (χ0v) is 11.3. The highest BCUT2D eigenvalue weighted by Crippen LogP contribution is 2.12. The SMILES string of the molecule is Cc1ccc(/C=N\NS(=O)(=O)c2ccccc2)s1. The molecule has 0 unspecified atom stereocenters. The van der Waals surface area contributed by atoms with Crippen molar-refractivity contribution >= 4 is 27.6 Å². The molecule has 0 aliphatic heterocycles. The third-order valence-corrected chi connectivity index (χ3v) is 4.35. The van der Waals surface area contributed by atoms with Crippen molar-refractivity contribution in [2.75, 3.05) is 0 Å². The zero-order valence-electron chi connectivity index (χ0n) is 9.70. The van der Waals surface area contributed by atoms with Crippen molar-refractivity contribution in [1.82, 2.24) is 4.83 Å². The van der Waals surface area contributed by atoms with Crippen molar-refractivity contribution in [1.29, 1.82) is 0 Å². The Morgan fingerprint density at radius 3 is 2.50 bits per heavy atom. The van der Waals surface area contributed by atoms with E-state index in [1.165, 1.54) is 18.3 Å². The summed E-state index contributed by atoms with van der Waals surface area (Å²) in [6.45, 7) is 1.98. The number of hydrogen-bond donors (Lipinski definition) is 1. The van der Waals surface area contributed by atoms with E-state index in [1.807, 2.05) is 19.1 Å². The third kappa shape index (κ3) is 3.18. The molecule has 0 radical (unpaired) electrons. The highest BCUT2D eigenvalue weighted by atomic mass is 32.2. The lowest BCUT2D eigenvalue weighted by Crippen LogP contribution is -2.18. The second-order valence-corrected chi connectivity index (χ2v) is 6.59. The Labute approximate surface area is 110 Å². The number of sulfonamides is 1. The minimum absolute atomic E-state index is 0.199. The third-order valence-electron chi connectivity index (χ3n) is 2.18. The molecule has 18 heavy (non-hydrogen) atoms. The summed E-state index contributed by atoms with van der Waals surface area (Å²) in [5.41, 5.74) is 0. The van der Waals surface area contributed by atoms with Crippen molar-refractivity contribution in [2.45, 2.75) is 11.8 Å². The van der Waals surface area contributed by atoms with Crippen LogP contribution in [0.15, 0.2) is 52.5 Å². The Kier molecular flexibility index (Phi) is 3.78. The average Bonchev–Trinajstić information content (AvgIpc) is 2.76. The van der Waals surface area contributed by atoms with Gasteiger partial charge < -0.3 is 0 Å². The molecule has 94 valence electrons. The van der Waals surface area contributed by atoms with Crippen LogP contribution in [0.1, 0.15) is 9.75 Å². The van der Waals surface area contributed by atoms with Gasteiger partial charge >= 0.3 is 0 Å². The van der Waals surface area contributed by atoms with Gasteiger partial charge in [-0.25, -0.2) is 4.83 Å². The molecule has 2 aromatic rings. The molecule has 0 fully saturated rings. The van der Waals surface area contributed by atoms with Gasteiger partial charge in [-0.1, -0.05) is 18.2 Å². The second-order valence-electron chi connectivity index (χ2n) is 3.61. The van der Waals surface area contributed by atoms with E-state index in [0.717, 1.165) is 9.75 Å². The molecule has 0 amide bonds. The quantitative estimate of drug-likeness (QED) is 0.690. The molecule has 1 aromatic heterocycles. The number of benzene rings is 1. The van der Waals surface area contributed by atoms with Crippen LogP contribution in [0.4, 0.5) is 0 Å². The fourth-order valence-corrected chi connectivity index (χ4v) is 2.90. The molecule has 0 atom stereocenters. The Balaban J connectivity index is 2.08. The van der Waals surface area contributed by atoms with Gasteiger partial charge in [-0.05, 0) is 31.2 Å². The van der Waals surface area contributed by atoms with Gasteiger partial charge in [-0.3, -0.25) is 0 Å². The fourth-order valence-electron chi connectivity index (χ4n) is 1.33. The summed E-state index contributed by atoms with van der Waals surface area (Å²) in [4.78, 5) is 4.44. The van der Waals surface area contributed by atoms with Gasteiger partial charge in [0.2, 0.25) is 0 Å². The number of aryl methyl sites for hydroxylation is 1. The normalized spacial score (nSPS) is 11.8. The molecule has 0 saturated carbocycles. The van der Waals surface area contributed by atoms with Crippen molar-refractivity contribution < 1.29 is 8.42 Å². The zero-order chi connectivity index (χ0) is 13.0. The highest BCUT2D eigenvalue weighted by molar-refractivity contribution is 7.89. The van der Waals surface area contributed by atoms with Crippen LogP contribution in [0.3, 0.4) is 0 Å². The Morgan fingerprint density at radius 1 is 1.17 bits per heavy atom. The van der Waals surface area contributed by atoms with Crippen LogP contribution < -0.4 is 4.83 Å². The van der Waals surface area contributed by atoms with Crippen LogP contribution in [0, 0.1) is 6.92 Å². The van der Waals surface area contributed by atoms with Crippen molar-refractivity contribution in [2.24, 2.45) is 5.10 Å². The first-order valence-electron chi connectivity index (χ1n) is 5.24. The maximum absolute atomic E-state index is 11.8. The van der Waals surface area contributed by atoms with Gasteiger partial charge in [-0.2, -0.15) is 13.5 Å². The van der Waals surface area contributed by atoms with Crippen LogP contribution in [0.25, 0.3) is 0 Å². The lowest BCUT2D eigenvalue weighted by Gasteiger charge is -2.01. The van der Waals surface area contributed by atoms with Gasteiger partial charge in [0, 0.05) is 9.75 Å². The monoisotopic (exact) mass is 280 g/mol. The molecule has 2 rings (SSSR count). The summed E-state index contributed by atoms with van der Waals surface area (Å²) >= 11 is 1.55. The van der Waals surface area contributed by atoms with Crippen LogP contribution in [0.5, 0.6) is 0 Å². The van der Waals surface area contributed by atoms with Crippen molar-refractivity contribution in [3.05, 3.63) is 52.2 Å². The van der Waals surface area contributed by atoms with E-state index in [2.05, 4.69) is 9.93 Å². The lowest BCUT2D eigenvalue weighted by atomic mass is 10.4. The van der Waals surface area contributed by atoms with Crippen LogP contribution in [-0.2, 0) is 10.0 Å². The first-order valence-corrected chi connectivity index (χ1v) is 7.54. The van der Waals surface area contributed by atoms with Gasteiger partial charge in [0.15, 0.2) is 0 Å². The van der Waals surface area contributed by atoms with Crippen LogP contribution in [0.2, 0.25) is 0 Å². The molecular formula is C12H12N2O2S2. The fraction of sp³-hybridized carbons (Fsp3) is 0.0833. The van der Waals surface area contributed by atoms with Crippen LogP contribution >= 0.6 is 11.3 Å². The van der Waals surface area contributed by atoms with E-state index in [4.69, 9.17) is 0 Å². The standard InChI is InChI=1S/C12H12N2O2S2/c1-10-7-8-11(17-10)9-13-14-18(15,16)12-5-3-2-4-6-12/h2-9,14H,1H3/b13-9-. The van der Waals surface area contributed by atoms with Gasteiger partial charge in [0.1, 0.15) is 0 Å². The smallest absolute Gasteiger partial charge is 0.200 e.